The van der Waals surface area contributed by atoms with E-state index in [9.17, 15) is 9.18 Å². The minimum atomic E-state index is -0.576. The van der Waals surface area contributed by atoms with Gasteiger partial charge in [-0.15, -0.1) is 0 Å². The number of carbonyl (C=O) groups excluding carboxylic acids is 1. The topological polar surface area (TPSA) is 26.3 Å². The average molecular weight is 258 g/mol. The lowest BCUT2D eigenvalue weighted by Crippen LogP contribution is -1.95. The Morgan fingerprint density at radius 2 is 1.89 bits per heavy atom. The highest BCUT2D eigenvalue weighted by molar-refractivity contribution is 5.79. The smallest absolute Gasteiger partial charge is 0.156 e. The monoisotopic (exact) mass is 258 g/mol. The molecule has 19 heavy (non-hydrogen) atoms. The molecule has 0 radical (unpaired) electrons. The summed E-state index contributed by atoms with van der Waals surface area (Å²) in [5.74, 6) is 0.630. The van der Waals surface area contributed by atoms with Crippen LogP contribution in [0.3, 0.4) is 0 Å². The first-order valence-electron chi connectivity index (χ1n) is 6.13. The van der Waals surface area contributed by atoms with Crippen molar-refractivity contribution in [2.75, 3.05) is 0 Å². The first kappa shape index (κ1) is 13.3. The van der Waals surface area contributed by atoms with Gasteiger partial charge in [0.15, 0.2) is 6.29 Å². The van der Waals surface area contributed by atoms with E-state index < -0.39 is 5.82 Å². The molecule has 0 atom stereocenters. The van der Waals surface area contributed by atoms with Crippen molar-refractivity contribution >= 4 is 6.29 Å². The third-order valence-corrected chi connectivity index (χ3v) is 2.88. The predicted molar refractivity (Wildman–Crippen MR) is 72.4 cm³/mol. The fourth-order valence-corrected chi connectivity index (χ4v) is 1.78. The molecule has 0 aliphatic rings. The maximum absolute atomic E-state index is 13.4. The molecule has 2 aromatic rings. The second-order valence-corrected chi connectivity index (χ2v) is 4.60. The van der Waals surface area contributed by atoms with E-state index in [4.69, 9.17) is 4.74 Å². The van der Waals surface area contributed by atoms with Crippen LogP contribution < -0.4 is 4.74 Å². The quantitative estimate of drug-likeness (QED) is 0.752. The van der Waals surface area contributed by atoms with Crippen molar-refractivity contribution < 1.29 is 13.9 Å². The van der Waals surface area contributed by atoms with Gasteiger partial charge >= 0.3 is 0 Å². The van der Waals surface area contributed by atoms with Crippen LogP contribution in [-0.2, 0) is 0 Å². The third kappa shape index (κ3) is 2.99. The molecule has 0 N–H and O–H groups in total. The Morgan fingerprint density at radius 1 is 1.16 bits per heavy atom. The Morgan fingerprint density at radius 3 is 2.58 bits per heavy atom. The van der Waals surface area contributed by atoms with Crippen LogP contribution >= 0.6 is 0 Å². The fourth-order valence-electron chi connectivity index (χ4n) is 1.78. The molecule has 0 fully saturated rings. The second kappa shape index (κ2) is 5.65. The zero-order valence-electron chi connectivity index (χ0n) is 10.9. The van der Waals surface area contributed by atoms with E-state index >= 15 is 0 Å². The number of benzene rings is 2. The van der Waals surface area contributed by atoms with Crippen molar-refractivity contribution in [2.45, 2.75) is 19.8 Å². The van der Waals surface area contributed by atoms with Gasteiger partial charge in [-0.1, -0.05) is 32.0 Å². The van der Waals surface area contributed by atoms with E-state index in [0.29, 0.717) is 18.0 Å². The molecule has 0 aliphatic carbocycles. The molecule has 3 heteroatoms. The van der Waals surface area contributed by atoms with Crippen molar-refractivity contribution in [1.82, 2.24) is 0 Å². The summed E-state index contributed by atoms with van der Waals surface area (Å²) in [5.41, 5.74) is 1.07. The van der Waals surface area contributed by atoms with Gasteiger partial charge in [-0.2, -0.15) is 0 Å². The van der Waals surface area contributed by atoms with Crippen LogP contribution in [0.1, 0.15) is 35.7 Å². The Kier molecular flexibility index (Phi) is 3.95. The molecule has 2 nitrogen and oxygen atoms in total. The van der Waals surface area contributed by atoms with Crippen molar-refractivity contribution in [3.63, 3.8) is 0 Å². The molecule has 2 rings (SSSR count). The summed E-state index contributed by atoms with van der Waals surface area (Å²) in [6.45, 7) is 4.16. The minimum absolute atomic E-state index is 0.0579. The summed E-state index contributed by atoms with van der Waals surface area (Å²) in [5, 5.41) is 0. The maximum atomic E-state index is 13.4. The number of aldehydes is 1. The number of carbonyl (C=O) groups is 1. The summed E-state index contributed by atoms with van der Waals surface area (Å²) < 4.78 is 19.1. The van der Waals surface area contributed by atoms with Gasteiger partial charge in [-0.25, -0.2) is 4.39 Å². The molecule has 0 spiro atoms. The van der Waals surface area contributed by atoms with E-state index in [-0.39, 0.29) is 11.3 Å². The molecule has 98 valence electrons. The largest absolute Gasteiger partial charge is 0.457 e. The molecule has 2 aromatic carbocycles. The summed E-state index contributed by atoms with van der Waals surface area (Å²) in [6.07, 6.45) is 0.469. The van der Waals surface area contributed by atoms with Crippen LogP contribution in [0.2, 0.25) is 0 Å². The SMILES string of the molecule is CC(C)c1cccc(Oc2cccc(F)c2C=O)c1. The highest BCUT2D eigenvalue weighted by Gasteiger charge is 2.10. The standard InChI is InChI=1S/C16H15FO2/c1-11(2)12-5-3-6-13(9-12)19-16-8-4-7-15(17)14(16)10-18/h3-11H,1-2H3. The molecule has 0 unspecified atom stereocenters. The Hall–Kier alpha value is -2.16. The minimum Gasteiger partial charge on any atom is -0.457 e. The molecule has 0 bridgehead atoms. The molecule has 0 saturated heterocycles. The number of hydrogen-bond donors (Lipinski definition) is 0. The lowest BCUT2D eigenvalue weighted by atomic mass is 10.0. The van der Waals surface area contributed by atoms with Gasteiger partial charge in [0.1, 0.15) is 17.3 Å². The van der Waals surface area contributed by atoms with E-state index in [1.165, 1.54) is 12.1 Å². The lowest BCUT2D eigenvalue weighted by Gasteiger charge is -2.11. The van der Waals surface area contributed by atoms with Crippen LogP contribution in [0.5, 0.6) is 11.5 Å². The summed E-state index contributed by atoms with van der Waals surface area (Å²) >= 11 is 0. The normalized spacial score (nSPS) is 10.5. The van der Waals surface area contributed by atoms with Gasteiger partial charge in [0, 0.05) is 0 Å². The number of ether oxygens (including phenoxy) is 1. The zero-order chi connectivity index (χ0) is 13.8. The number of hydrogen-bond acceptors (Lipinski definition) is 2. The van der Waals surface area contributed by atoms with Crippen molar-refractivity contribution in [3.05, 3.63) is 59.4 Å². The molecule has 0 amide bonds. The van der Waals surface area contributed by atoms with E-state index in [1.54, 1.807) is 12.1 Å². The van der Waals surface area contributed by atoms with E-state index in [2.05, 4.69) is 13.8 Å². The van der Waals surface area contributed by atoms with Gasteiger partial charge in [-0.3, -0.25) is 4.79 Å². The van der Waals surface area contributed by atoms with Gasteiger partial charge in [0.05, 0.1) is 5.56 Å². The van der Waals surface area contributed by atoms with Gasteiger partial charge in [-0.05, 0) is 35.7 Å². The molecule has 0 heterocycles. The highest BCUT2D eigenvalue weighted by Crippen LogP contribution is 2.28. The van der Waals surface area contributed by atoms with Crippen LogP contribution in [0, 0.1) is 5.82 Å². The zero-order valence-corrected chi connectivity index (χ0v) is 10.9. The van der Waals surface area contributed by atoms with Crippen LogP contribution in [-0.4, -0.2) is 6.29 Å². The molecular formula is C16H15FO2. The lowest BCUT2D eigenvalue weighted by molar-refractivity contribution is 0.111. The fraction of sp³-hybridized carbons (Fsp3) is 0.188. The summed E-state index contributed by atoms with van der Waals surface area (Å²) in [4.78, 5) is 10.9. The van der Waals surface area contributed by atoms with Gasteiger partial charge < -0.3 is 4.74 Å². The Bertz CT molecular complexity index is 591. The first-order valence-corrected chi connectivity index (χ1v) is 6.13. The molecule has 0 aliphatic heterocycles. The Labute approximate surface area is 111 Å². The van der Waals surface area contributed by atoms with Crippen molar-refractivity contribution in [1.29, 1.82) is 0 Å². The first-order chi connectivity index (χ1) is 9.11. The van der Waals surface area contributed by atoms with Crippen molar-refractivity contribution in [2.24, 2.45) is 0 Å². The molecular weight excluding hydrogens is 243 g/mol. The summed E-state index contributed by atoms with van der Waals surface area (Å²) in [7, 11) is 0. The van der Waals surface area contributed by atoms with Crippen LogP contribution in [0.4, 0.5) is 4.39 Å². The molecule has 0 aromatic heterocycles. The third-order valence-electron chi connectivity index (χ3n) is 2.88. The maximum Gasteiger partial charge on any atom is 0.156 e. The Balaban J connectivity index is 2.33. The predicted octanol–water partition coefficient (Wildman–Crippen LogP) is 4.55. The van der Waals surface area contributed by atoms with Gasteiger partial charge in [0.2, 0.25) is 0 Å². The molecule has 0 saturated carbocycles. The van der Waals surface area contributed by atoms with E-state index in [1.807, 2.05) is 18.2 Å². The number of rotatable bonds is 4. The number of halogens is 1. The van der Waals surface area contributed by atoms with Gasteiger partial charge in [0.25, 0.3) is 0 Å². The van der Waals surface area contributed by atoms with Crippen molar-refractivity contribution in [3.8, 4) is 11.5 Å². The summed E-state index contributed by atoms with van der Waals surface area (Å²) in [6, 6.07) is 11.9. The second-order valence-electron chi connectivity index (χ2n) is 4.60. The van der Waals surface area contributed by atoms with E-state index in [0.717, 1.165) is 5.56 Å². The van der Waals surface area contributed by atoms with Crippen LogP contribution in [0.15, 0.2) is 42.5 Å². The average Bonchev–Trinajstić information content (AvgIpc) is 2.39. The van der Waals surface area contributed by atoms with Crippen LogP contribution in [0.25, 0.3) is 0 Å². The highest BCUT2D eigenvalue weighted by atomic mass is 19.1.